The lowest BCUT2D eigenvalue weighted by atomic mass is 10.1. The van der Waals surface area contributed by atoms with Crippen molar-refractivity contribution in [3.8, 4) is 0 Å². The fourth-order valence-electron chi connectivity index (χ4n) is 2.03. The number of nitrogens with one attached hydrogen (secondary N) is 1. The molecule has 1 aromatic rings. The molecule has 0 radical (unpaired) electrons. The number of aryl methyl sites for hydroxylation is 2. The average molecular weight is 295 g/mol. The molecule has 3 nitrogen and oxygen atoms in total. The molecule has 1 aromatic carbocycles. The zero-order valence-corrected chi connectivity index (χ0v) is 14.1. The molecule has 0 saturated heterocycles. The first-order valence-electron chi connectivity index (χ1n) is 6.85. The highest BCUT2D eigenvalue weighted by atomic mass is 32.2. The van der Waals surface area contributed by atoms with Crippen molar-refractivity contribution < 1.29 is 9.00 Å². The van der Waals surface area contributed by atoms with Crippen LogP contribution in [0.4, 0.5) is 0 Å². The van der Waals surface area contributed by atoms with E-state index in [4.69, 9.17) is 0 Å². The molecule has 4 heteroatoms. The number of hydrogen-bond donors (Lipinski definition) is 1. The normalized spacial score (nSPS) is 14.7. The van der Waals surface area contributed by atoms with E-state index in [9.17, 15) is 9.00 Å². The van der Waals surface area contributed by atoms with Crippen molar-refractivity contribution in [3.05, 3.63) is 34.9 Å². The van der Waals surface area contributed by atoms with Crippen LogP contribution < -0.4 is 5.32 Å². The summed E-state index contributed by atoms with van der Waals surface area (Å²) in [5, 5.41) is 2.37. The molecule has 0 aromatic heterocycles. The van der Waals surface area contributed by atoms with Crippen molar-refractivity contribution in [1.29, 1.82) is 0 Å². The number of amides is 1. The average Bonchev–Trinajstić information content (AvgIpc) is 2.23. The van der Waals surface area contributed by atoms with Gasteiger partial charge in [-0.1, -0.05) is 29.3 Å². The standard InChI is InChI=1S/C16H25NO2S/c1-11-7-12(2)9-14(8-11)10-20(19)13(3)15(18)17-16(4,5)6/h7-9,13H,10H2,1-6H3,(H,17,18). The van der Waals surface area contributed by atoms with Gasteiger partial charge in [0.05, 0.1) is 0 Å². The smallest absolute Gasteiger partial charge is 0.235 e. The molecule has 1 rings (SSSR count). The Morgan fingerprint density at radius 3 is 2.15 bits per heavy atom. The second-order valence-electron chi connectivity index (χ2n) is 6.40. The summed E-state index contributed by atoms with van der Waals surface area (Å²) < 4.78 is 12.3. The van der Waals surface area contributed by atoms with E-state index >= 15 is 0 Å². The number of rotatable bonds is 4. The summed E-state index contributed by atoms with van der Waals surface area (Å²) >= 11 is 0. The summed E-state index contributed by atoms with van der Waals surface area (Å²) in [7, 11) is -1.21. The van der Waals surface area contributed by atoms with Crippen LogP contribution in [-0.4, -0.2) is 20.9 Å². The summed E-state index contributed by atoms with van der Waals surface area (Å²) in [4.78, 5) is 12.0. The summed E-state index contributed by atoms with van der Waals surface area (Å²) in [5.74, 6) is 0.265. The Bertz CT molecular complexity index is 497. The molecule has 0 aliphatic rings. The van der Waals surface area contributed by atoms with E-state index in [1.807, 2.05) is 46.8 Å². The molecule has 0 saturated carbocycles. The minimum absolute atomic E-state index is 0.153. The van der Waals surface area contributed by atoms with Gasteiger partial charge in [-0.15, -0.1) is 0 Å². The second-order valence-corrected chi connectivity index (χ2v) is 8.16. The van der Waals surface area contributed by atoms with Crippen molar-refractivity contribution in [2.45, 2.75) is 58.1 Å². The molecule has 0 fully saturated rings. The molecule has 2 unspecified atom stereocenters. The second kappa shape index (κ2) is 6.53. The highest BCUT2D eigenvalue weighted by molar-refractivity contribution is 7.85. The molecule has 0 aliphatic heterocycles. The molecule has 0 heterocycles. The summed E-state index contributed by atoms with van der Waals surface area (Å²) in [5.41, 5.74) is 3.04. The third-order valence-corrected chi connectivity index (χ3v) is 4.47. The van der Waals surface area contributed by atoms with Gasteiger partial charge in [-0.2, -0.15) is 0 Å². The highest BCUT2D eigenvalue weighted by Gasteiger charge is 2.23. The first kappa shape index (κ1) is 16.9. The molecule has 112 valence electrons. The van der Waals surface area contributed by atoms with Crippen LogP contribution in [0.3, 0.4) is 0 Å². The first-order chi connectivity index (χ1) is 9.08. The van der Waals surface area contributed by atoms with E-state index in [0.29, 0.717) is 5.75 Å². The molecule has 1 amide bonds. The fourth-order valence-corrected chi connectivity index (χ4v) is 3.08. The van der Waals surface area contributed by atoms with E-state index < -0.39 is 16.0 Å². The van der Waals surface area contributed by atoms with Gasteiger partial charge in [0, 0.05) is 22.1 Å². The maximum absolute atomic E-state index is 12.3. The number of benzene rings is 1. The van der Waals surface area contributed by atoms with Crippen molar-refractivity contribution in [2.24, 2.45) is 0 Å². The molecule has 0 aliphatic carbocycles. The van der Waals surface area contributed by atoms with Crippen molar-refractivity contribution in [2.75, 3.05) is 0 Å². The topological polar surface area (TPSA) is 46.2 Å². The molecule has 0 bridgehead atoms. The predicted octanol–water partition coefficient (Wildman–Crippen LogP) is 2.86. The number of hydrogen-bond acceptors (Lipinski definition) is 2. The summed E-state index contributed by atoms with van der Waals surface area (Å²) in [6.07, 6.45) is 0. The van der Waals surface area contributed by atoms with Crippen LogP contribution in [0.25, 0.3) is 0 Å². The lowest BCUT2D eigenvalue weighted by molar-refractivity contribution is -0.121. The monoisotopic (exact) mass is 295 g/mol. The lowest BCUT2D eigenvalue weighted by Gasteiger charge is -2.23. The number of carbonyl (C=O) groups is 1. The van der Waals surface area contributed by atoms with Crippen LogP contribution in [0.2, 0.25) is 0 Å². The zero-order chi connectivity index (χ0) is 15.5. The van der Waals surface area contributed by atoms with E-state index in [-0.39, 0.29) is 11.4 Å². The Morgan fingerprint density at radius 2 is 1.70 bits per heavy atom. The van der Waals surface area contributed by atoms with E-state index in [2.05, 4.69) is 11.4 Å². The van der Waals surface area contributed by atoms with E-state index in [1.54, 1.807) is 6.92 Å². The van der Waals surface area contributed by atoms with Crippen molar-refractivity contribution >= 4 is 16.7 Å². The molecule has 0 spiro atoms. The van der Waals surface area contributed by atoms with Gasteiger partial charge in [-0.3, -0.25) is 9.00 Å². The van der Waals surface area contributed by atoms with Crippen LogP contribution in [0, 0.1) is 13.8 Å². The van der Waals surface area contributed by atoms with Crippen LogP contribution in [0.1, 0.15) is 44.4 Å². The third-order valence-electron chi connectivity index (χ3n) is 2.85. The van der Waals surface area contributed by atoms with Gasteiger partial charge in [0.2, 0.25) is 5.91 Å². The Hall–Kier alpha value is -1.16. The SMILES string of the molecule is Cc1cc(C)cc(CS(=O)C(C)C(=O)NC(C)(C)C)c1. The fraction of sp³-hybridized carbons (Fsp3) is 0.562. The maximum Gasteiger partial charge on any atom is 0.235 e. The maximum atomic E-state index is 12.3. The Kier molecular flexibility index (Phi) is 5.51. The van der Waals surface area contributed by atoms with Gasteiger partial charge in [-0.25, -0.2) is 0 Å². The third kappa shape index (κ3) is 5.45. The minimum Gasteiger partial charge on any atom is -0.350 e. The molecule has 20 heavy (non-hydrogen) atoms. The highest BCUT2D eigenvalue weighted by Crippen LogP contribution is 2.13. The largest absolute Gasteiger partial charge is 0.350 e. The van der Waals surface area contributed by atoms with Crippen LogP contribution >= 0.6 is 0 Å². The Labute approximate surface area is 124 Å². The Balaban J connectivity index is 2.73. The van der Waals surface area contributed by atoms with Gasteiger partial charge in [-0.05, 0) is 47.1 Å². The quantitative estimate of drug-likeness (QED) is 0.928. The zero-order valence-electron chi connectivity index (χ0n) is 13.2. The Morgan fingerprint density at radius 1 is 1.20 bits per heavy atom. The van der Waals surface area contributed by atoms with E-state index in [1.165, 1.54) is 0 Å². The van der Waals surface area contributed by atoms with E-state index in [0.717, 1.165) is 16.7 Å². The van der Waals surface area contributed by atoms with Gasteiger partial charge in [0.25, 0.3) is 0 Å². The summed E-state index contributed by atoms with van der Waals surface area (Å²) in [6.45, 7) is 11.5. The molecular formula is C16H25NO2S. The first-order valence-corrected chi connectivity index (χ1v) is 8.23. The summed E-state index contributed by atoms with van der Waals surface area (Å²) in [6, 6.07) is 6.14. The van der Waals surface area contributed by atoms with Crippen LogP contribution in [0.15, 0.2) is 18.2 Å². The number of carbonyl (C=O) groups excluding carboxylic acids is 1. The van der Waals surface area contributed by atoms with Crippen molar-refractivity contribution in [3.63, 3.8) is 0 Å². The van der Waals surface area contributed by atoms with Gasteiger partial charge < -0.3 is 5.32 Å². The van der Waals surface area contributed by atoms with Crippen LogP contribution in [-0.2, 0) is 21.3 Å². The minimum atomic E-state index is -1.21. The molecular weight excluding hydrogens is 270 g/mol. The molecule has 2 atom stereocenters. The predicted molar refractivity (Wildman–Crippen MR) is 85.1 cm³/mol. The van der Waals surface area contributed by atoms with Crippen LogP contribution in [0.5, 0.6) is 0 Å². The molecule has 1 N–H and O–H groups in total. The van der Waals surface area contributed by atoms with Gasteiger partial charge >= 0.3 is 0 Å². The van der Waals surface area contributed by atoms with Crippen molar-refractivity contribution in [1.82, 2.24) is 5.32 Å². The van der Waals surface area contributed by atoms with Gasteiger partial charge in [0.15, 0.2) is 0 Å². The van der Waals surface area contributed by atoms with Gasteiger partial charge in [0.1, 0.15) is 5.25 Å². The lowest BCUT2D eigenvalue weighted by Crippen LogP contribution is -2.46.